The normalized spacial score (nSPS) is 13.2. The molecule has 118 valence electrons. The van der Waals surface area contributed by atoms with Crippen LogP contribution in [0.4, 0.5) is 0 Å². The van der Waals surface area contributed by atoms with Crippen molar-refractivity contribution in [2.75, 3.05) is 0 Å². The third-order valence-electron chi connectivity index (χ3n) is 3.47. The van der Waals surface area contributed by atoms with Gasteiger partial charge in [0.1, 0.15) is 0 Å². The van der Waals surface area contributed by atoms with Gasteiger partial charge in [0.15, 0.2) is 11.8 Å². The fourth-order valence-electron chi connectivity index (χ4n) is 2.07. The van der Waals surface area contributed by atoms with Gasteiger partial charge in [0, 0.05) is 17.9 Å². The molecule has 0 aromatic carbocycles. The van der Waals surface area contributed by atoms with Gasteiger partial charge in [0.05, 0.1) is 12.2 Å². The van der Waals surface area contributed by atoms with Crippen LogP contribution in [-0.4, -0.2) is 26.8 Å². The van der Waals surface area contributed by atoms with Crippen molar-refractivity contribution in [3.05, 3.63) is 41.3 Å². The van der Waals surface area contributed by atoms with E-state index in [9.17, 15) is 0 Å². The predicted octanol–water partition coefficient (Wildman–Crippen LogP) is 2.09. The zero-order chi connectivity index (χ0) is 16.1. The molecule has 0 amide bonds. The average molecular weight is 300 g/mol. The molecule has 2 aromatic rings. The molecule has 3 N–H and O–H groups in total. The lowest BCUT2D eigenvalue weighted by Gasteiger charge is -2.11. The first-order valence-corrected chi connectivity index (χ1v) is 7.54. The van der Waals surface area contributed by atoms with E-state index in [0.717, 1.165) is 29.2 Å². The number of guanidine groups is 1. The van der Waals surface area contributed by atoms with Gasteiger partial charge in [-0.05, 0) is 44.9 Å². The lowest BCUT2D eigenvalue weighted by Crippen LogP contribution is -2.38. The summed E-state index contributed by atoms with van der Waals surface area (Å²) in [5.74, 6) is 1.28. The van der Waals surface area contributed by atoms with E-state index in [0.29, 0.717) is 18.5 Å². The number of hydrogen-bond acceptors (Lipinski definition) is 3. The molecule has 0 bridgehead atoms. The highest BCUT2D eigenvalue weighted by molar-refractivity contribution is 5.78. The first-order valence-electron chi connectivity index (χ1n) is 7.54. The van der Waals surface area contributed by atoms with Gasteiger partial charge in [-0.3, -0.25) is 0 Å². The monoisotopic (exact) mass is 300 g/mol. The molecule has 0 aliphatic carbocycles. The van der Waals surface area contributed by atoms with Crippen molar-refractivity contribution in [3.63, 3.8) is 0 Å². The zero-order valence-corrected chi connectivity index (χ0v) is 13.7. The highest BCUT2D eigenvalue weighted by Crippen LogP contribution is 2.10. The molecular formula is C16H24N6. The van der Waals surface area contributed by atoms with E-state index in [1.165, 1.54) is 0 Å². The van der Waals surface area contributed by atoms with E-state index in [4.69, 9.17) is 5.73 Å². The molecule has 0 saturated carbocycles. The van der Waals surface area contributed by atoms with Gasteiger partial charge in [0.25, 0.3) is 0 Å². The molecule has 1 unspecified atom stereocenters. The number of nitrogens with zero attached hydrogens (tertiary/aromatic N) is 4. The second kappa shape index (κ2) is 7.06. The fraction of sp³-hybridized carbons (Fsp3) is 0.438. The second-order valence-electron chi connectivity index (χ2n) is 5.52. The number of pyridine rings is 1. The summed E-state index contributed by atoms with van der Waals surface area (Å²) in [6, 6.07) is 6.30. The van der Waals surface area contributed by atoms with E-state index in [2.05, 4.69) is 34.2 Å². The topological polar surface area (TPSA) is 81.1 Å². The van der Waals surface area contributed by atoms with Crippen LogP contribution in [0.1, 0.15) is 37.2 Å². The van der Waals surface area contributed by atoms with Gasteiger partial charge < -0.3 is 11.1 Å². The van der Waals surface area contributed by atoms with Crippen molar-refractivity contribution >= 4 is 5.96 Å². The Balaban J connectivity index is 2.03. The van der Waals surface area contributed by atoms with Crippen molar-refractivity contribution in [1.29, 1.82) is 0 Å². The molecule has 0 saturated heterocycles. The van der Waals surface area contributed by atoms with Crippen LogP contribution in [0.3, 0.4) is 0 Å². The van der Waals surface area contributed by atoms with Gasteiger partial charge in [-0.25, -0.2) is 14.7 Å². The largest absolute Gasteiger partial charge is 0.370 e. The second-order valence-corrected chi connectivity index (χ2v) is 5.52. The minimum absolute atomic E-state index is 0.329. The zero-order valence-electron chi connectivity index (χ0n) is 13.7. The molecule has 2 aromatic heterocycles. The Morgan fingerprint density at radius 1 is 1.41 bits per heavy atom. The molecule has 0 aliphatic heterocycles. The van der Waals surface area contributed by atoms with Gasteiger partial charge in [-0.15, -0.1) is 0 Å². The summed E-state index contributed by atoms with van der Waals surface area (Å²) in [4.78, 5) is 8.78. The molecule has 0 fully saturated rings. The molecule has 0 spiro atoms. The summed E-state index contributed by atoms with van der Waals surface area (Å²) in [5, 5.41) is 7.56. The van der Waals surface area contributed by atoms with Gasteiger partial charge in [0.2, 0.25) is 0 Å². The third-order valence-corrected chi connectivity index (χ3v) is 3.47. The van der Waals surface area contributed by atoms with E-state index >= 15 is 0 Å². The summed E-state index contributed by atoms with van der Waals surface area (Å²) < 4.78 is 1.83. The molecule has 0 radical (unpaired) electrons. The number of aromatic nitrogens is 3. The highest BCUT2D eigenvalue weighted by Gasteiger charge is 2.05. The molecule has 0 aliphatic rings. The SMILES string of the molecule is CCC(C)NC(N)=NCc1ccc(-n2nc(C)cc2C)nc1. The summed E-state index contributed by atoms with van der Waals surface area (Å²) in [6.07, 6.45) is 2.82. The molecule has 2 heterocycles. The van der Waals surface area contributed by atoms with Crippen LogP contribution < -0.4 is 11.1 Å². The maximum absolute atomic E-state index is 5.85. The first-order chi connectivity index (χ1) is 10.5. The number of aliphatic imine (C=N–C) groups is 1. The van der Waals surface area contributed by atoms with Crippen molar-refractivity contribution in [1.82, 2.24) is 20.1 Å². The molecule has 6 nitrogen and oxygen atoms in total. The summed E-state index contributed by atoms with van der Waals surface area (Å²) in [5.41, 5.74) is 8.91. The maximum atomic E-state index is 5.85. The van der Waals surface area contributed by atoms with Crippen LogP contribution in [0.5, 0.6) is 0 Å². The Kier molecular flexibility index (Phi) is 5.14. The smallest absolute Gasteiger partial charge is 0.189 e. The quantitative estimate of drug-likeness (QED) is 0.654. The summed E-state index contributed by atoms with van der Waals surface area (Å²) in [7, 11) is 0. The molecule has 1 atom stereocenters. The molecule has 22 heavy (non-hydrogen) atoms. The standard InChI is InChI=1S/C16H24N6/c1-5-11(2)20-16(17)19-10-14-6-7-15(18-9-14)22-13(4)8-12(3)21-22/h6-9,11H,5,10H2,1-4H3,(H3,17,19,20). The highest BCUT2D eigenvalue weighted by atomic mass is 15.3. The Morgan fingerprint density at radius 2 is 2.18 bits per heavy atom. The lowest BCUT2D eigenvalue weighted by molar-refractivity contribution is 0.636. The van der Waals surface area contributed by atoms with Gasteiger partial charge >= 0.3 is 0 Å². The van der Waals surface area contributed by atoms with Gasteiger partial charge in [-0.2, -0.15) is 5.10 Å². The Bertz CT molecular complexity index is 641. The molecule has 2 rings (SSSR count). The van der Waals surface area contributed by atoms with Crippen molar-refractivity contribution in [3.8, 4) is 5.82 Å². The minimum atomic E-state index is 0.329. The number of rotatable bonds is 5. The Labute approximate surface area is 131 Å². The van der Waals surface area contributed by atoms with Crippen LogP contribution in [-0.2, 0) is 6.54 Å². The van der Waals surface area contributed by atoms with Gasteiger partial charge in [-0.1, -0.05) is 13.0 Å². The summed E-state index contributed by atoms with van der Waals surface area (Å²) in [6.45, 7) is 8.68. The van der Waals surface area contributed by atoms with Crippen LogP contribution in [0.2, 0.25) is 0 Å². The predicted molar refractivity (Wildman–Crippen MR) is 89.0 cm³/mol. The Hall–Kier alpha value is -2.37. The van der Waals surface area contributed by atoms with Crippen LogP contribution >= 0.6 is 0 Å². The van der Waals surface area contributed by atoms with Crippen molar-refractivity contribution in [2.45, 2.75) is 46.7 Å². The first kappa shape index (κ1) is 16.0. The average Bonchev–Trinajstić information content (AvgIpc) is 2.84. The third kappa shape index (κ3) is 4.07. The van der Waals surface area contributed by atoms with Crippen molar-refractivity contribution < 1.29 is 0 Å². The lowest BCUT2D eigenvalue weighted by atomic mass is 10.2. The van der Waals surface area contributed by atoms with E-state index in [-0.39, 0.29) is 0 Å². The van der Waals surface area contributed by atoms with Crippen LogP contribution in [0.25, 0.3) is 5.82 Å². The number of nitrogens with two attached hydrogens (primary N) is 1. The molecule has 6 heteroatoms. The number of hydrogen-bond donors (Lipinski definition) is 2. The van der Waals surface area contributed by atoms with Crippen LogP contribution in [0, 0.1) is 13.8 Å². The van der Waals surface area contributed by atoms with Crippen molar-refractivity contribution in [2.24, 2.45) is 10.7 Å². The maximum Gasteiger partial charge on any atom is 0.189 e. The number of aryl methyl sites for hydroxylation is 2. The number of nitrogens with one attached hydrogen (secondary N) is 1. The van der Waals surface area contributed by atoms with Crippen LogP contribution in [0.15, 0.2) is 29.4 Å². The minimum Gasteiger partial charge on any atom is -0.370 e. The van der Waals surface area contributed by atoms with E-state index < -0.39 is 0 Å². The van der Waals surface area contributed by atoms with E-state index in [1.54, 1.807) is 0 Å². The Morgan fingerprint density at radius 3 is 2.73 bits per heavy atom. The summed E-state index contributed by atoms with van der Waals surface area (Å²) >= 11 is 0. The molecular weight excluding hydrogens is 276 g/mol. The van der Waals surface area contributed by atoms with E-state index in [1.807, 2.05) is 42.9 Å². The fourth-order valence-corrected chi connectivity index (χ4v) is 2.07.